The van der Waals surface area contributed by atoms with Crippen LogP contribution in [0.4, 0.5) is 0 Å². The predicted molar refractivity (Wildman–Crippen MR) is 105 cm³/mol. The lowest BCUT2D eigenvalue weighted by molar-refractivity contribution is 0.00358. The Hall–Kier alpha value is 0.0738. The Morgan fingerprint density at radius 3 is 1.37 bits per heavy atom. The summed E-state index contributed by atoms with van der Waals surface area (Å²) < 4.78 is 49.3. The largest absolute Gasteiger partial charge is 0.502 e. The highest BCUT2D eigenvalue weighted by atomic mass is 28.4. The molecule has 0 atom stereocenters. The van der Waals surface area contributed by atoms with Gasteiger partial charge in [-0.1, -0.05) is 0 Å². The van der Waals surface area contributed by atoms with Crippen molar-refractivity contribution in [3.8, 4) is 0 Å². The summed E-state index contributed by atoms with van der Waals surface area (Å²) in [5.74, 6) is 0. The maximum absolute atomic E-state index is 5.76. The van der Waals surface area contributed by atoms with E-state index in [4.69, 9.17) is 41.1 Å². The fraction of sp³-hybridized carbons (Fsp3) is 1.00. The van der Waals surface area contributed by atoms with E-state index in [9.17, 15) is 0 Å². The van der Waals surface area contributed by atoms with Gasteiger partial charge in [0.1, 0.15) is 0 Å². The van der Waals surface area contributed by atoms with Crippen molar-refractivity contribution in [2.75, 3.05) is 88.9 Å². The van der Waals surface area contributed by atoms with E-state index in [2.05, 4.69) is 0 Å². The highest BCUT2D eigenvalue weighted by Crippen LogP contribution is 2.27. The molecule has 27 heavy (non-hydrogen) atoms. The normalized spacial score (nSPS) is 12.7. The Labute approximate surface area is 166 Å². The van der Waals surface area contributed by atoms with Crippen LogP contribution in [0.3, 0.4) is 0 Å². The van der Waals surface area contributed by atoms with Gasteiger partial charge in [0, 0.05) is 49.3 Å². The first-order valence-electron chi connectivity index (χ1n) is 9.05. The van der Waals surface area contributed by atoms with Crippen molar-refractivity contribution in [1.29, 1.82) is 0 Å². The summed E-state index contributed by atoms with van der Waals surface area (Å²) in [6.45, 7) is 3.98. The van der Waals surface area contributed by atoms with Crippen LogP contribution < -0.4 is 0 Å². The monoisotopic (exact) mass is 430 g/mol. The molecule has 0 saturated carbocycles. The SMILES string of the molecule is COCCOCCOCCOCCC[Si](C[Si](OC)(OC)OC)(OC)OC. The summed E-state index contributed by atoms with van der Waals surface area (Å²) >= 11 is 0. The highest BCUT2D eigenvalue weighted by Gasteiger charge is 2.51. The molecule has 0 aliphatic carbocycles. The van der Waals surface area contributed by atoms with Crippen molar-refractivity contribution in [2.45, 2.75) is 18.1 Å². The average molecular weight is 431 g/mol. The number of hydrogen-bond acceptors (Lipinski definition) is 9. The van der Waals surface area contributed by atoms with Gasteiger partial charge in [0.2, 0.25) is 0 Å². The van der Waals surface area contributed by atoms with Crippen molar-refractivity contribution in [1.82, 2.24) is 0 Å². The Morgan fingerprint density at radius 2 is 0.963 bits per heavy atom. The molecule has 0 fully saturated rings. The van der Waals surface area contributed by atoms with E-state index < -0.39 is 17.4 Å². The van der Waals surface area contributed by atoms with Gasteiger partial charge in [-0.25, -0.2) is 0 Å². The van der Waals surface area contributed by atoms with E-state index in [1.807, 2.05) is 0 Å². The third-order valence-electron chi connectivity index (χ3n) is 4.19. The first-order chi connectivity index (χ1) is 13.1. The summed E-state index contributed by atoms with van der Waals surface area (Å²) in [5.41, 5.74) is 0.530. The molecule has 11 heteroatoms. The molecule has 0 aliphatic rings. The third-order valence-corrected chi connectivity index (χ3v) is 12.5. The lowest BCUT2D eigenvalue weighted by Gasteiger charge is -2.34. The van der Waals surface area contributed by atoms with E-state index in [1.165, 1.54) is 0 Å². The zero-order chi connectivity index (χ0) is 20.4. The molecule has 0 saturated heterocycles. The van der Waals surface area contributed by atoms with Gasteiger partial charge in [-0.2, -0.15) is 0 Å². The van der Waals surface area contributed by atoms with Crippen molar-refractivity contribution in [3.05, 3.63) is 0 Å². The van der Waals surface area contributed by atoms with Crippen molar-refractivity contribution in [3.63, 3.8) is 0 Å². The molecular formula is C16H38O9Si2. The molecule has 0 unspecified atom stereocenters. The molecule has 0 amide bonds. The first kappa shape index (κ1) is 27.1. The summed E-state index contributed by atoms with van der Waals surface area (Å²) in [4.78, 5) is 0. The lowest BCUT2D eigenvalue weighted by atomic mass is 10.5. The van der Waals surface area contributed by atoms with Gasteiger partial charge in [0.15, 0.2) is 0 Å². The van der Waals surface area contributed by atoms with E-state index in [0.29, 0.717) is 51.9 Å². The Bertz CT molecular complexity index is 321. The van der Waals surface area contributed by atoms with Crippen LogP contribution in [0.15, 0.2) is 0 Å². The van der Waals surface area contributed by atoms with Crippen LogP contribution in [0.25, 0.3) is 0 Å². The minimum absolute atomic E-state index is 0.530. The van der Waals surface area contributed by atoms with Crippen LogP contribution in [0.5, 0.6) is 0 Å². The van der Waals surface area contributed by atoms with Gasteiger partial charge >= 0.3 is 17.4 Å². The molecule has 0 radical (unpaired) electrons. The van der Waals surface area contributed by atoms with Gasteiger partial charge < -0.3 is 41.1 Å². The molecule has 0 aromatic rings. The van der Waals surface area contributed by atoms with Crippen LogP contribution in [0.2, 0.25) is 11.7 Å². The second-order valence-corrected chi connectivity index (χ2v) is 12.9. The number of rotatable bonds is 20. The van der Waals surface area contributed by atoms with Gasteiger partial charge in [0.05, 0.1) is 45.3 Å². The quantitative estimate of drug-likeness (QED) is 0.209. The molecule has 164 valence electrons. The second kappa shape index (κ2) is 17.0. The molecule has 0 bridgehead atoms. The van der Waals surface area contributed by atoms with Crippen LogP contribution in [0, 0.1) is 0 Å². The zero-order valence-electron chi connectivity index (χ0n) is 17.7. The minimum Gasteiger partial charge on any atom is -0.398 e. The number of methoxy groups -OCH3 is 1. The maximum atomic E-state index is 5.76. The minimum atomic E-state index is -2.77. The van der Waals surface area contributed by atoms with Crippen LogP contribution >= 0.6 is 0 Å². The summed E-state index contributed by atoms with van der Waals surface area (Å²) in [7, 11) is 4.50. The fourth-order valence-electron chi connectivity index (χ4n) is 2.44. The third kappa shape index (κ3) is 11.6. The smallest absolute Gasteiger partial charge is 0.398 e. The molecule has 0 aromatic heterocycles. The van der Waals surface area contributed by atoms with Crippen LogP contribution in [-0.4, -0.2) is 106 Å². The molecule has 0 heterocycles. The van der Waals surface area contributed by atoms with Gasteiger partial charge in [-0.15, -0.1) is 0 Å². The molecule has 0 aromatic carbocycles. The Morgan fingerprint density at radius 1 is 0.519 bits per heavy atom. The van der Waals surface area contributed by atoms with Gasteiger partial charge in [-0.05, 0) is 12.5 Å². The highest BCUT2D eigenvalue weighted by molar-refractivity contribution is 6.83. The Kier molecular flexibility index (Phi) is 17.0. The van der Waals surface area contributed by atoms with Crippen molar-refractivity contribution < 1.29 is 41.1 Å². The Balaban J connectivity index is 3.96. The predicted octanol–water partition coefficient (Wildman–Crippen LogP) is 1.23. The molecule has 0 N–H and O–H groups in total. The molecular weight excluding hydrogens is 392 g/mol. The molecule has 0 rings (SSSR count). The lowest BCUT2D eigenvalue weighted by Crippen LogP contribution is -2.54. The van der Waals surface area contributed by atoms with E-state index in [1.54, 1.807) is 42.7 Å². The maximum Gasteiger partial charge on any atom is 0.502 e. The zero-order valence-corrected chi connectivity index (χ0v) is 19.7. The topological polar surface area (TPSA) is 83.1 Å². The van der Waals surface area contributed by atoms with Crippen molar-refractivity contribution >= 4 is 17.4 Å². The summed E-state index contributed by atoms with van der Waals surface area (Å²) in [6, 6.07) is 0.763. The summed E-state index contributed by atoms with van der Waals surface area (Å²) in [6.07, 6.45) is 0.815. The molecule has 9 nitrogen and oxygen atoms in total. The van der Waals surface area contributed by atoms with Crippen molar-refractivity contribution in [2.24, 2.45) is 0 Å². The van der Waals surface area contributed by atoms with E-state index in [0.717, 1.165) is 12.5 Å². The standard InChI is InChI=1S/C16H38O9Si2/c1-17-9-10-24-13-14-25-12-11-23-8-7-15-26(18-2,19-3)16-27(20-4,21-5)22-6/h7-16H2,1-6H3. The fourth-order valence-corrected chi connectivity index (χ4v) is 10.4. The van der Waals surface area contributed by atoms with E-state index in [-0.39, 0.29) is 0 Å². The average Bonchev–Trinajstić information content (AvgIpc) is 2.72. The van der Waals surface area contributed by atoms with Gasteiger partial charge in [0.25, 0.3) is 0 Å². The second-order valence-electron chi connectivity index (χ2n) is 5.72. The van der Waals surface area contributed by atoms with Gasteiger partial charge in [-0.3, -0.25) is 0 Å². The summed E-state index contributed by atoms with van der Waals surface area (Å²) in [5, 5.41) is 0. The number of hydrogen-bond donors (Lipinski definition) is 0. The first-order valence-corrected chi connectivity index (χ1v) is 13.2. The van der Waals surface area contributed by atoms with Crippen LogP contribution in [0.1, 0.15) is 6.42 Å². The van der Waals surface area contributed by atoms with E-state index >= 15 is 0 Å². The molecule has 0 aliphatic heterocycles. The molecule has 0 spiro atoms. The number of ether oxygens (including phenoxy) is 4. The van der Waals surface area contributed by atoms with Crippen LogP contribution in [-0.2, 0) is 41.1 Å².